The quantitative estimate of drug-likeness (QED) is 0.728. The van der Waals surface area contributed by atoms with Crippen LogP contribution in [0, 0.1) is 0 Å². The van der Waals surface area contributed by atoms with Gasteiger partial charge in [-0.2, -0.15) is 0 Å². The van der Waals surface area contributed by atoms with Gasteiger partial charge in [0.25, 0.3) is 0 Å². The summed E-state index contributed by atoms with van der Waals surface area (Å²) < 4.78 is 5.45. The summed E-state index contributed by atoms with van der Waals surface area (Å²) in [7, 11) is 0. The third-order valence-corrected chi connectivity index (χ3v) is 2.74. The number of hydrogen-bond donors (Lipinski definition) is 2. The smallest absolute Gasteiger partial charge is 0.206 e. The van der Waals surface area contributed by atoms with Gasteiger partial charge in [-0.25, -0.2) is 0 Å². The fraction of sp³-hybridized carbons (Fsp3) is 0.500. The highest BCUT2D eigenvalue weighted by Crippen LogP contribution is 2.29. The van der Waals surface area contributed by atoms with Gasteiger partial charge in [0.05, 0.1) is 6.10 Å². The van der Waals surface area contributed by atoms with Crippen LogP contribution >= 0.6 is 0 Å². The third-order valence-electron chi connectivity index (χ3n) is 2.74. The van der Waals surface area contributed by atoms with Gasteiger partial charge in [0.2, 0.25) is 5.78 Å². The molecule has 0 saturated carbocycles. The highest BCUT2D eigenvalue weighted by molar-refractivity contribution is 6.00. The van der Waals surface area contributed by atoms with Gasteiger partial charge >= 0.3 is 0 Å². The monoisotopic (exact) mass is 252 g/mol. The highest BCUT2D eigenvalue weighted by atomic mass is 16.5. The molecule has 4 heteroatoms. The first-order valence-electron chi connectivity index (χ1n) is 6.06. The van der Waals surface area contributed by atoms with E-state index >= 15 is 0 Å². The summed E-state index contributed by atoms with van der Waals surface area (Å²) in [6, 6.07) is 0. The molecule has 0 saturated heterocycles. The van der Waals surface area contributed by atoms with E-state index in [1.54, 1.807) is 19.1 Å². The van der Waals surface area contributed by atoms with Crippen LogP contribution in [-0.2, 0) is 9.53 Å². The molecule has 0 spiro atoms. The summed E-state index contributed by atoms with van der Waals surface area (Å²) in [6.07, 6.45) is 7.19. The number of rotatable bonds is 5. The predicted molar refractivity (Wildman–Crippen MR) is 68.8 cm³/mol. The minimum absolute atomic E-state index is 0.113. The fourth-order valence-corrected chi connectivity index (χ4v) is 1.55. The van der Waals surface area contributed by atoms with Crippen molar-refractivity contribution in [2.24, 2.45) is 0 Å². The zero-order valence-electron chi connectivity index (χ0n) is 11.0. The van der Waals surface area contributed by atoms with E-state index in [0.717, 1.165) is 6.42 Å². The van der Waals surface area contributed by atoms with Crippen LogP contribution in [0.3, 0.4) is 0 Å². The van der Waals surface area contributed by atoms with Gasteiger partial charge in [0.15, 0.2) is 5.60 Å². The van der Waals surface area contributed by atoms with Gasteiger partial charge in [-0.05, 0) is 26.3 Å². The van der Waals surface area contributed by atoms with Crippen LogP contribution in [0.15, 0.2) is 36.1 Å². The van der Waals surface area contributed by atoms with E-state index in [9.17, 15) is 15.0 Å². The number of ether oxygens (including phenoxy) is 1. The van der Waals surface area contributed by atoms with E-state index in [2.05, 4.69) is 0 Å². The number of carbonyl (C=O) groups excluding carboxylic acids is 1. The van der Waals surface area contributed by atoms with Crippen molar-refractivity contribution < 1.29 is 19.7 Å². The summed E-state index contributed by atoms with van der Waals surface area (Å²) in [4.78, 5) is 11.8. The molecule has 1 rings (SSSR count). The molecule has 18 heavy (non-hydrogen) atoms. The van der Waals surface area contributed by atoms with Gasteiger partial charge in [-0.1, -0.05) is 25.2 Å². The average Bonchev–Trinajstić information content (AvgIpc) is 2.61. The molecule has 0 aromatic rings. The predicted octanol–water partition coefficient (Wildman–Crippen LogP) is 1.49. The van der Waals surface area contributed by atoms with Gasteiger partial charge < -0.3 is 14.9 Å². The van der Waals surface area contributed by atoms with Crippen LogP contribution in [-0.4, -0.2) is 33.8 Å². The Kier molecular flexibility index (Phi) is 4.87. The molecule has 4 nitrogen and oxygen atoms in total. The fourth-order valence-electron chi connectivity index (χ4n) is 1.55. The number of hydrogen-bond acceptors (Lipinski definition) is 4. The zero-order valence-corrected chi connectivity index (χ0v) is 11.0. The van der Waals surface area contributed by atoms with Crippen LogP contribution in [0.25, 0.3) is 0 Å². The Labute approximate surface area is 107 Å². The second kappa shape index (κ2) is 5.98. The Bertz CT molecular complexity index is 393. The lowest BCUT2D eigenvalue weighted by Crippen LogP contribution is -2.32. The first-order chi connectivity index (χ1) is 8.40. The number of aliphatic hydroxyl groups excluding tert-OH is 2. The minimum Gasteiger partial charge on any atom is -0.477 e. The van der Waals surface area contributed by atoms with E-state index in [1.165, 1.54) is 13.0 Å². The van der Waals surface area contributed by atoms with Crippen molar-refractivity contribution in [2.75, 3.05) is 0 Å². The lowest BCUT2D eigenvalue weighted by Gasteiger charge is -2.22. The van der Waals surface area contributed by atoms with Crippen LogP contribution in [0.4, 0.5) is 0 Å². The van der Waals surface area contributed by atoms with Crippen molar-refractivity contribution in [1.82, 2.24) is 0 Å². The lowest BCUT2D eigenvalue weighted by molar-refractivity contribution is -0.125. The first kappa shape index (κ1) is 14.7. The molecule has 0 radical (unpaired) electrons. The summed E-state index contributed by atoms with van der Waals surface area (Å²) in [5.41, 5.74) is -1.09. The Morgan fingerprint density at radius 3 is 2.67 bits per heavy atom. The van der Waals surface area contributed by atoms with Crippen molar-refractivity contribution in [3.63, 3.8) is 0 Å². The maximum absolute atomic E-state index is 11.8. The maximum Gasteiger partial charge on any atom is 0.206 e. The van der Waals surface area contributed by atoms with Crippen molar-refractivity contribution in [3.05, 3.63) is 36.1 Å². The highest BCUT2D eigenvalue weighted by Gasteiger charge is 2.40. The Morgan fingerprint density at radius 1 is 1.44 bits per heavy atom. The van der Waals surface area contributed by atoms with Crippen LogP contribution < -0.4 is 0 Å². The molecule has 0 aromatic carbocycles. The van der Waals surface area contributed by atoms with E-state index in [0.29, 0.717) is 0 Å². The molecule has 0 fully saturated rings. The molecule has 0 unspecified atom stereocenters. The van der Waals surface area contributed by atoms with Crippen LogP contribution in [0.1, 0.15) is 27.2 Å². The molecule has 1 heterocycles. The summed E-state index contributed by atoms with van der Waals surface area (Å²) in [5, 5.41) is 18.9. The normalized spacial score (nSPS) is 27.6. The summed E-state index contributed by atoms with van der Waals surface area (Å²) >= 11 is 0. The molecule has 0 aromatic heterocycles. The number of carbonyl (C=O) groups is 1. The van der Waals surface area contributed by atoms with Gasteiger partial charge in [0.1, 0.15) is 11.9 Å². The molecule has 2 N–H and O–H groups in total. The second-order valence-corrected chi connectivity index (χ2v) is 4.50. The Balaban J connectivity index is 2.76. The largest absolute Gasteiger partial charge is 0.477 e. The molecular formula is C14H20O4. The van der Waals surface area contributed by atoms with Gasteiger partial charge in [0, 0.05) is 6.08 Å². The molecule has 3 atom stereocenters. The van der Waals surface area contributed by atoms with Crippen LogP contribution in [0.2, 0.25) is 0 Å². The topological polar surface area (TPSA) is 66.8 Å². The molecule has 0 aliphatic carbocycles. The van der Waals surface area contributed by atoms with Crippen molar-refractivity contribution in [3.8, 4) is 0 Å². The first-order valence-corrected chi connectivity index (χ1v) is 6.06. The summed E-state index contributed by atoms with van der Waals surface area (Å²) in [5.74, 6) is -0.125. The van der Waals surface area contributed by atoms with E-state index in [-0.39, 0.29) is 11.5 Å². The average molecular weight is 252 g/mol. The molecule has 1 aliphatic heterocycles. The molecule has 0 bridgehead atoms. The third kappa shape index (κ3) is 3.31. The SMILES string of the molecule is CC/C=C/C=C/[C@@]1(C)OC([C@@H](O)[C@@H](C)O)=CC1=O. The number of allylic oxidation sites excluding steroid dienone is 3. The molecule has 100 valence electrons. The van der Waals surface area contributed by atoms with E-state index in [4.69, 9.17) is 4.74 Å². The summed E-state index contributed by atoms with van der Waals surface area (Å²) in [6.45, 7) is 5.08. The number of aliphatic hydroxyl groups is 2. The molecule has 0 amide bonds. The Morgan fingerprint density at radius 2 is 2.11 bits per heavy atom. The van der Waals surface area contributed by atoms with Gasteiger partial charge in [-0.15, -0.1) is 0 Å². The maximum atomic E-state index is 11.8. The molecular weight excluding hydrogens is 232 g/mol. The minimum atomic E-state index is -1.17. The van der Waals surface area contributed by atoms with E-state index in [1.807, 2.05) is 19.1 Å². The van der Waals surface area contributed by atoms with Crippen LogP contribution in [0.5, 0.6) is 0 Å². The Hall–Kier alpha value is -1.39. The van der Waals surface area contributed by atoms with Crippen molar-refractivity contribution in [2.45, 2.75) is 45.0 Å². The van der Waals surface area contributed by atoms with Crippen molar-refractivity contribution >= 4 is 5.78 Å². The van der Waals surface area contributed by atoms with Crippen molar-refractivity contribution in [1.29, 1.82) is 0 Å². The second-order valence-electron chi connectivity index (χ2n) is 4.50. The van der Waals surface area contributed by atoms with Gasteiger partial charge in [-0.3, -0.25) is 4.79 Å². The molecule has 1 aliphatic rings. The number of ketones is 1. The lowest BCUT2D eigenvalue weighted by atomic mass is 10.0. The van der Waals surface area contributed by atoms with E-state index < -0.39 is 17.8 Å². The zero-order chi connectivity index (χ0) is 13.8. The standard InChI is InChI=1S/C14H20O4/c1-4-5-6-7-8-14(3)12(16)9-11(18-14)13(17)10(2)15/h5-10,13,15,17H,4H2,1-3H3/b6-5+,8-7+/t10-,13+,14-/m1/s1.